The zero-order valence-corrected chi connectivity index (χ0v) is 15.2. The van der Waals surface area contributed by atoms with Crippen molar-refractivity contribution in [1.82, 2.24) is 14.5 Å². The summed E-state index contributed by atoms with van der Waals surface area (Å²) in [6.45, 7) is 6.28. The van der Waals surface area contributed by atoms with Crippen LogP contribution in [0.3, 0.4) is 0 Å². The number of carbonyl (C=O) groups is 1. The molecule has 5 nitrogen and oxygen atoms in total. The highest BCUT2D eigenvalue weighted by Crippen LogP contribution is 2.28. The molecule has 1 amide bonds. The molecule has 128 valence electrons. The summed E-state index contributed by atoms with van der Waals surface area (Å²) >= 11 is 7.21. The molecule has 0 aliphatic rings. The number of imidazole rings is 1. The van der Waals surface area contributed by atoms with E-state index in [4.69, 9.17) is 11.6 Å². The molecule has 0 bridgehead atoms. The van der Waals surface area contributed by atoms with Crippen molar-refractivity contribution in [2.24, 2.45) is 0 Å². The lowest BCUT2D eigenvalue weighted by atomic mass is 10.3. The van der Waals surface area contributed by atoms with Gasteiger partial charge in [0, 0.05) is 12.7 Å². The molecule has 0 unspecified atom stereocenters. The van der Waals surface area contributed by atoms with E-state index in [0.717, 1.165) is 16.2 Å². The quantitative estimate of drug-likeness (QED) is 0.515. The number of para-hydroxylation sites is 2. The van der Waals surface area contributed by atoms with E-state index in [1.54, 1.807) is 12.1 Å². The first kappa shape index (κ1) is 17.5. The van der Waals surface area contributed by atoms with Gasteiger partial charge in [-0.25, -0.2) is 9.97 Å². The summed E-state index contributed by atoms with van der Waals surface area (Å²) in [5, 5.41) is 3.76. The van der Waals surface area contributed by atoms with Crippen LogP contribution in [-0.4, -0.2) is 25.7 Å². The van der Waals surface area contributed by atoms with E-state index in [1.165, 1.54) is 18.0 Å². The molecular weight excluding hydrogens is 356 g/mol. The number of aromatic nitrogens is 3. The molecule has 0 radical (unpaired) electrons. The number of allylic oxidation sites excluding steroid dienone is 1. The average molecular weight is 373 g/mol. The predicted octanol–water partition coefficient (Wildman–Crippen LogP) is 4.39. The highest BCUT2D eigenvalue weighted by atomic mass is 35.5. The highest BCUT2D eigenvalue weighted by Gasteiger charge is 2.19. The summed E-state index contributed by atoms with van der Waals surface area (Å²) in [4.78, 5) is 21.1. The average Bonchev–Trinajstić information content (AvgIpc) is 2.95. The molecule has 25 heavy (non-hydrogen) atoms. The van der Waals surface area contributed by atoms with Crippen LogP contribution >= 0.6 is 23.4 Å². The second-order valence-electron chi connectivity index (χ2n) is 5.39. The fourth-order valence-electron chi connectivity index (χ4n) is 2.34. The first-order valence-corrected chi connectivity index (χ1v) is 8.99. The van der Waals surface area contributed by atoms with Gasteiger partial charge in [-0.3, -0.25) is 4.79 Å². The zero-order valence-electron chi connectivity index (χ0n) is 13.6. The van der Waals surface area contributed by atoms with Gasteiger partial charge in [-0.15, -0.1) is 6.58 Å². The van der Waals surface area contributed by atoms with Crippen molar-refractivity contribution < 1.29 is 4.79 Å². The lowest BCUT2D eigenvalue weighted by Crippen LogP contribution is -2.23. The molecule has 7 heteroatoms. The van der Waals surface area contributed by atoms with E-state index in [0.29, 0.717) is 17.4 Å². The van der Waals surface area contributed by atoms with Gasteiger partial charge < -0.3 is 9.88 Å². The Morgan fingerprint density at radius 2 is 2.20 bits per heavy atom. The van der Waals surface area contributed by atoms with Gasteiger partial charge in [-0.1, -0.05) is 41.6 Å². The van der Waals surface area contributed by atoms with Crippen LogP contribution < -0.4 is 5.32 Å². The maximum absolute atomic E-state index is 12.4. The van der Waals surface area contributed by atoms with Gasteiger partial charge in [0.15, 0.2) is 5.16 Å². The predicted molar refractivity (Wildman–Crippen MR) is 103 cm³/mol. The number of carbonyl (C=O) groups excluding carboxylic acids is 1. The number of halogens is 1. The number of rotatable bonds is 6. The smallest absolute Gasteiger partial charge is 0.238 e. The molecule has 3 rings (SSSR count). The number of fused-ring (bicyclic) bond motifs is 1. The number of nitrogens with zero attached hydrogens (tertiary/aromatic N) is 3. The SMILES string of the molecule is C=CCn1c(S[C@@H](C)C(=O)Nc2ccc(Cl)cn2)nc2ccccc21. The molecule has 0 saturated carbocycles. The van der Waals surface area contributed by atoms with Gasteiger partial charge in [0.05, 0.1) is 21.3 Å². The number of benzene rings is 1. The molecule has 2 aromatic heterocycles. The van der Waals surface area contributed by atoms with Gasteiger partial charge in [0.2, 0.25) is 5.91 Å². The van der Waals surface area contributed by atoms with Crippen LogP contribution in [0.5, 0.6) is 0 Å². The van der Waals surface area contributed by atoms with Crippen molar-refractivity contribution >= 4 is 46.1 Å². The number of hydrogen-bond donors (Lipinski definition) is 1. The van der Waals surface area contributed by atoms with Crippen molar-refractivity contribution in [2.45, 2.75) is 23.9 Å². The number of anilines is 1. The van der Waals surface area contributed by atoms with E-state index in [1.807, 2.05) is 37.3 Å². The van der Waals surface area contributed by atoms with Crippen LogP contribution in [0.2, 0.25) is 5.02 Å². The zero-order chi connectivity index (χ0) is 17.8. The maximum Gasteiger partial charge on any atom is 0.238 e. The van der Waals surface area contributed by atoms with Crippen molar-refractivity contribution in [2.75, 3.05) is 5.32 Å². The van der Waals surface area contributed by atoms with E-state index < -0.39 is 0 Å². The Kier molecular flexibility index (Phi) is 5.40. The summed E-state index contributed by atoms with van der Waals surface area (Å²) in [6, 6.07) is 11.3. The van der Waals surface area contributed by atoms with E-state index in [-0.39, 0.29) is 11.2 Å². The lowest BCUT2D eigenvalue weighted by molar-refractivity contribution is -0.115. The third kappa shape index (κ3) is 4.03. The van der Waals surface area contributed by atoms with Crippen LogP contribution in [0, 0.1) is 0 Å². The molecule has 0 fully saturated rings. The van der Waals surface area contributed by atoms with Crippen molar-refractivity contribution in [3.8, 4) is 0 Å². The monoisotopic (exact) mass is 372 g/mol. The van der Waals surface area contributed by atoms with E-state index >= 15 is 0 Å². The van der Waals surface area contributed by atoms with Crippen LogP contribution in [0.15, 0.2) is 60.4 Å². The molecule has 0 saturated heterocycles. The van der Waals surface area contributed by atoms with Gasteiger partial charge in [-0.2, -0.15) is 0 Å². The fraction of sp³-hybridized carbons (Fsp3) is 0.167. The molecule has 0 aliphatic heterocycles. The summed E-state index contributed by atoms with van der Waals surface area (Å²) in [5.41, 5.74) is 1.93. The molecule has 0 spiro atoms. The van der Waals surface area contributed by atoms with Crippen LogP contribution in [-0.2, 0) is 11.3 Å². The third-order valence-corrected chi connectivity index (χ3v) is 4.87. The van der Waals surface area contributed by atoms with Crippen LogP contribution in [0.4, 0.5) is 5.82 Å². The van der Waals surface area contributed by atoms with E-state index in [9.17, 15) is 4.79 Å². The maximum atomic E-state index is 12.4. The molecule has 2 heterocycles. The Labute approximate surface area is 155 Å². The summed E-state index contributed by atoms with van der Waals surface area (Å²) in [6.07, 6.45) is 3.32. The van der Waals surface area contributed by atoms with Gasteiger partial charge >= 0.3 is 0 Å². The van der Waals surface area contributed by atoms with Crippen molar-refractivity contribution in [3.05, 3.63) is 60.3 Å². The lowest BCUT2D eigenvalue weighted by Gasteiger charge is -2.12. The van der Waals surface area contributed by atoms with Crippen LogP contribution in [0.1, 0.15) is 6.92 Å². The third-order valence-electron chi connectivity index (χ3n) is 3.56. The molecular formula is C18H17ClN4OS. The second kappa shape index (κ2) is 7.72. The van der Waals surface area contributed by atoms with E-state index in [2.05, 4.69) is 26.4 Å². The fourth-order valence-corrected chi connectivity index (χ4v) is 3.38. The largest absolute Gasteiger partial charge is 0.315 e. The normalized spacial score (nSPS) is 12.1. The second-order valence-corrected chi connectivity index (χ2v) is 7.14. The Bertz CT molecular complexity index is 907. The highest BCUT2D eigenvalue weighted by molar-refractivity contribution is 8.00. The minimum absolute atomic E-state index is 0.142. The number of thioether (sulfide) groups is 1. The first-order chi connectivity index (χ1) is 12.1. The molecule has 1 atom stereocenters. The van der Waals surface area contributed by atoms with Gasteiger partial charge in [0.1, 0.15) is 5.82 Å². The minimum atomic E-state index is -0.335. The number of hydrogen-bond acceptors (Lipinski definition) is 4. The Balaban J connectivity index is 1.77. The van der Waals surface area contributed by atoms with Gasteiger partial charge in [0.25, 0.3) is 0 Å². The molecule has 1 N–H and O–H groups in total. The van der Waals surface area contributed by atoms with Crippen molar-refractivity contribution in [3.63, 3.8) is 0 Å². The number of nitrogens with one attached hydrogen (secondary N) is 1. The summed E-state index contributed by atoms with van der Waals surface area (Å²) in [5.74, 6) is 0.332. The van der Waals surface area contributed by atoms with Crippen LogP contribution in [0.25, 0.3) is 11.0 Å². The van der Waals surface area contributed by atoms with Gasteiger partial charge in [-0.05, 0) is 31.2 Å². The summed E-state index contributed by atoms with van der Waals surface area (Å²) < 4.78 is 2.05. The summed E-state index contributed by atoms with van der Waals surface area (Å²) in [7, 11) is 0. The topological polar surface area (TPSA) is 59.8 Å². The Hall–Kier alpha value is -2.31. The first-order valence-electron chi connectivity index (χ1n) is 7.73. The molecule has 3 aromatic rings. The Morgan fingerprint density at radius 1 is 1.40 bits per heavy atom. The Morgan fingerprint density at radius 3 is 2.92 bits per heavy atom. The number of amides is 1. The minimum Gasteiger partial charge on any atom is -0.315 e. The van der Waals surface area contributed by atoms with Crippen molar-refractivity contribution in [1.29, 1.82) is 0 Å². The number of pyridine rings is 1. The standard InChI is InChI=1S/C18H17ClN4OS/c1-3-10-23-15-7-5-4-6-14(15)21-18(23)25-12(2)17(24)22-16-9-8-13(19)11-20-16/h3-9,11-12H,1,10H2,2H3,(H,20,22,24)/t12-/m0/s1. The molecule has 1 aromatic carbocycles. The molecule has 0 aliphatic carbocycles.